The molecule has 1 aromatic carbocycles. The van der Waals surface area contributed by atoms with Crippen molar-refractivity contribution >= 4 is 22.9 Å². The molecular formula is C14H22N4O. The third-order valence-corrected chi connectivity index (χ3v) is 2.68. The molecule has 104 valence electrons. The minimum absolute atomic E-state index is 0.0251. The number of anilines is 1. The van der Waals surface area contributed by atoms with Crippen LogP contribution < -0.4 is 5.32 Å². The molecule has 1 N–H and O–H groups in total. The summed E-state index contributed by atoms with van der Waals surface area (Å²) < 4.78 is 1.94. The summed E-state index contributed by atoms with van der Waals surface area (Å²) in [6.45, 7) is 4.25. The Morgan fingerprint density at radius 3 is 2.53 bits per heavy atom. The van der Waals surface area contributed by atoms with Crippen molar-refractivity contribution in [2.45, 2.75) is 13.8 Å². The molecule has 0 fully saturated rings. The van der Waals surface area contributed by atoms with Crippen LogP contribution in [-0.2, 0) is 11.8 Å². The first-order valence-electron chi connectivity index (χ1n) is 6.45. The number of rotatable bonds is 3. The van der Waals surface area contributed by atoms with Crippen LogP contribution in [0.2, 0.25) is 0 Å². The van der Waals surface area contributed by atoms with Gasteiger partial charge in [-0.3, -0.25) is 4.79 Å². The Labute approximate surface area is 114 Å². The largest absolute Gasteiger partial charge is 0.347 e. The van der Waals surface area contributed by atoms with Crippen molar-refractivity contribution in [2.24, 2.45) is 7.05 Å². The number of carbonyl (C=O) groups is 1. The first kappa shape index (κ1) is 15.0. The summed E-state index contributed by atoms with van der Waals surface area (Å²) in [5, 5.41) is 3.04. The van der Waals surface area contributed by atoms with Crippen LogP contribution in [0, 0.1) is 0 Å². The summed E-state index contributed by atoms with van der Waals surface area (Å²) >= 11 is 0. The highest BCUT2D eigenvalue weighted by Gasteiger charge is 2.09. The number of nitrogens with one attached hydrogen (secondary N) is 1. The van der Waals surface area contributed by atoms with Gasteiger partial charge in [0.1, 0.15) is 0 Å². The molecule has 0 aliphatic heterocycles. The molecule has 0 saturated heterocycles. The van der Waals surface area contributed by atoms with Crippen LogP contribution in [0.3, 0.4) is 0 Å². The van der Waals surface area contributed by atoms with Crippen LogP contribution >= 0.6 is 0 Å². The summed E-state index contributed by atoms with van der Waals surface area (Å²) in [6, 6.07) is 7.87. The second-order valence-electron chi connectivity index (χ2n) is 4.12. The average Bonchev–Trinajstić information content (AvgIpc) is 2.75. The van der Waals surface area contributed by atoms with Crippen LogP contribution in [0.1, 0.15) is 13.8 Å². The maximum atomic E-state index is 11.5. The zero-order valence-electron chi connectivity index (χ0n) is 12.3. The summed E-state index contributed by atoms with van der Waals surface area (Å²) in [7, 11) is 5.40. The zero-order chi connectivity index (χ0) is 14.4. The van der Waals surface area contributed by atoms with Gasteiger partial charge in [-0.2, -0.15) is 0 Å². The number of aromatic nitrogens is 2. The number of carbonyl (C=O) groups excluding carboxylic acids is 1. The molecule has 1 amide bonds. The average molecular weight is 262 g/mol. The molecule has 0 radical (unpaired) electrons. The summed E-state index contributed by atoms with van der Waals surface area (Å²) in [6.07, 6.45) is 0. The highest BCUT2D eigenvalue weighted by Crippen LogP contribution is 2.17. The van der Waals surface area contributed by atoms with E-state index in [9.17, 15) is 4.79 Å². The van der Waals surface area contributed by atoms with E-state index in [2.05, 4.69) is 10.3 Å². The summed E-state index contributed by atoms with van der Waals surface area (Å²) in [5.41, 5.74) is 1.97. The van der Waals surface area contributed by atoms with E-state index in [4.69, 9.17) is 0 Å². The number of benzene rings is 1. The second kappa shape index (κ2) is 6.78. The Bertz CT molecular complexity index is 545. The minimum atomic E-state index is 0.0251. The maximum Gasteiger partial charge on any atom is 0.241 e. The third-order valence-electron chi connectivity index (χ3n) is 2.68. The van der Waals surface area contributed by atoms with Gasteiger partial charge in [-0.25, -0.2) is 4.98 Å². The number of para-hydroxylation sites is 2. The molecule has 2 rings (SSSR count). The van der Waals surface area contributed by atoms with E-state index in [1.165, 1.54) is 0 Å². The Morgan fingerprint density at radius 2 is 1.95 bits per heavy atom. The van der Waals surface area contributed by atoms with Crippen molar-refractivity contribution in [2.75, 3.05) is 26.0 Å². The first-order valence-corrected chi connectivity index (χ1v) is 6.45. The number of aryl methyl sites for hydroxylation is 1. The highest BCUT2D eigenvalue weighted by atomic mass is 16.2. The minimum Gasteiger partial charge on any atom is -0.347 e. The standard InChI is InChI=1S/C12H16N4O.C2H6/c1-15(2)11(17)8-13-12-14-9-6-4-5-7-10(9)16(12)3;1-2/h4-7H,8H2,1-3H3,(H,13,14);1-2H3. The summed E-state index contributed by atoms with van der Waals surface area (Å²) in [5.74, 6) is 0.735. The van der Waals surface area contributed by atoms with Gasteiger partial charge in [-0.15, -0.1) is 0 Å². The lowest BCUT2D eigenvalue weighted by molar-refractivity contribution is -0.126. The van der Waals surface area contributed by atoms with Gasteiger partial charge in [0.25, 0.3) is 0 Å². The summed E-state index contributed by atoms with van der Waals surface area (Å²) in [4.78, 5) is 17.4. The van der Waals surface area contributed by atoms with E-state index in [1.807, 2.05) is 49.7 Å². The van der Waals surface area contributed by atoms with Gasteiger partial charge in [0, 0.05) is 21.1 Å². The number of hydrogen-bond acceptors (Lipinski definition) is 3. The van der Waals surface area contributed by atoms with Crippen LogP contribution in [0.5, 0.6) is 0 Å². The number of fused-ring (bicyclic) bond motifs is 1. The number of likely N-dealkylation sites (N-methyl/N-ethyl adjacent to an activating group) is 1. The monoisotopic (exact) mass is 262 g/mol. The van der Waals surface area contributed by atoms with Gasteiger partial charge in [0.05, 0.1) is 17.6 Å². The van der Waals surface area contributed by atoms with Crippen LogP contribution in [-0.4, -0.2) is 41.0 Å². The van der Waals surface area contributed by atoms with E-state index < -0.39 is 0 Å². The molecule has 1 heterocycles. The van der Waals surface area contributed by atoms with E-state index in [1.54, 1.807) is 19.0 Å². The van der Waals surface area contributed by atoms with Crippen molar-refractivity contribution in [3.8, 4) is 0 Å². The van der Waals surface area contributed by atoms with Gasteiger partial charge >= 0.3 is 0 Å². The predicted octanol–water partition coefficient (Wildman–Crippen LogP) is 2.10. The number of imidazole rings is 1. The molecular weight excluding hydrogens is 240 g/mol. The molecule has 1 aromatic heterocycles. The predicted molar refractivity (Wildman–Crippen MR) is 79.2 cm³/mol. The smallest absolute Gasteiger partial charge is 0.241 e. The zero-order valence-corrected chi connectivity index (χ0v) is 12.3. The Hall–Kier alpha value is -2.04. The van der Waals surface area contributed by atoms with E-state index in [-0.39, 0.29) is 12.5 Å². The maximum absolute atomic E-state index is 11.5. The van der Waals surface area contributed by atoms with Crippen LogP contribution in [0.25, 0.3) is 11.0 Å². The molecule has 0 bridgehead atoms. The van der Waals surface area contributed by atoms with Gasteiger partial charge < -0.3 is 14.8 Å². The third kappa shape index (κ3) is 3.47. The van der Waals surface area contributed by atoms with E-state index in [0.29, 0.717) is 5.95 Å². The first-order chi connectivity index (χ1) is 9.09. The Kier molecular flexibility index (Phi) is 5.36. The number of hydrogen-bond donors (Lipinski definition) is 1. The van der Waals surface area contributed by atoms with Gasteiger partial charge in [0.2, 0.25) is 11.9 Å². The fourth-order valence-corrected chi connectivity index (χ4v) is 1.62. The lowest BCUT2D eigenvalue weighted by Gasteiger charge is -2.11. The number of amides is 1. The Balaban J connectivity index is 0.000000861. The van der Waals surface area contributed by atoms with Crippen LogP contribution in [0.15, 0.2) is 24.3 Å². The molecule has 5 nitrogen and oxygen atoms in total. The van der Waals surface area contributed by atoms with Crippen LogP contribution in [0.4, 0.5) is 5.95 Å². The highest BCUT2D eigenvalue weighted by molar-refractivity contribution is 5.82. The van der Waals surface area contributed by atoms with Gasteiger partial charge in [-0.05, 0) is 12.1 Å². The normalized spacial score (nSPS) is 9.74. The van der Waals surface area contributed by atoms with E-state index >= 15 is 0 Å². The quantitative estimate of drug-likeness (QED) is 0.921. The van der Waals surface area contributed by atoms with E-state index in [0.717, 1.165) is 11.0 Å². The molecule has 5 heteroatoms. The molecule has 0 atom stereocenters. The lowest BCUT2D eigenvalue weighted by atomic mass is 10.3. The van der Waals surface area contributed by atoms with Crippen molar-refractivity contribution in [1.82, 2.24) is 14.5 Å². The number of nitrogens with zero attached hydrogens (tertiary/aromatic N) is 3. The molecule has 0 aliphatic carbocycles. The van der Waals surface area contributed by atoms with Gasteiger partial charge in [-0.1, -0.05) is 26.0 Å². The van der Waals surface area contributed by atoms with Gasteiger partial charge in [0.15, 0.2) is 0 Å². The molecule has 19 heavy (non-hydrogen) atoms. The lowest BCUT2D eigenvalue weighted by Crippen LogP contribution is -2.29. The molecule has 0 spiro atoms. The van der Waals surface area contributed by atoms with Crippen molar-refractivity contribution in [3.63, 3.8) is 0 Å². The molecule has 0 aliphatic rings. The SMILES string of the molecule is CC.CN(C)C(=O)CNc1nc2ccccc2n1C. The fraction of sp³-hybridized carbons (Fsp3) is 0.429. The van der Waals surface area contributed by atoms with Crippen molar-refractivity contribution in [1.29, 1.82) is 0 Å². The fourth-order valence-electron chi connectivity index (χ4n) is 1.62. The van der Waals surface area contributed by atoms with Crippen molar-refractivity contribution in [3.05, 3.63) is 24.3 Å². The molecule has 2 aromatic rings. The van der Waals surface area contributed by atoms with Crippen molar-refractivity contribution < 1.29 is 4.79 Å². The molecule has 0 unspecified atom stereocenters. The molecule has 0 saturated carbocycles. The Morgan fingerprint density at radius 1 is 1.32 bits per heavy atom. The topological polar surface area (TPSA) is 50.2 Å². The second-order valence-corrected chi connectivity index (χ2v) is 4.12.